The van der Waals surface area contributed by atoms with Crippen LogP contribution in [0.3, 0.4) is 0 Å². The second-order valence-electron chi connectivity index (χ2n) is 14.0. The Balaban J connectivity index is 0.000000321. The van der Waals surface area contributed by atoms with Gasteiger partial charge in [-0.25, -0.2) is 19.6 Å². The molecule has 1 fully saturated rings. The van der Waals surface area contributed by atoms with Crippen molar-refractivity contribution in [3.05, 3.63) is 118 Å². The summed E-state index contributed by atoms with van der Waals surface area (Å²) < 4.78 is 56.9. The van der Waals surface area contributed by atoms with Gasteiger partial charge in [-0.3, -0.25) is 0 Å². The third-order valence-electron chi connectivity index (χ3n) is 8.91. The van der Waals surface area contributed by atoms with E-state index in [9.17, 15) is 14.7 Å². The van der Waals surface area contributed by atoms with E-state index >= 15 is 0 Å². The first-order valence-electron chi connectivity index (χ1n) is 22.0. The zero-order valence-electron chi connectivity index (χ0n) is 39.3. The quantitative estimate of drug-likeness (QED) is 0.0528. The zero-order valence-corrected chi connectivity index (χ0v) is 39.3. The highest BCUT2D eigenvalue weighted by molar-refractivity contribution is 5.88. The molecule has 4 aromatic rings. The molecule has 0 unspecified atom stereocenters. The number of aliphatic hydroxyl groups is 1. The van der Waals surface area contributed by atoms with Gasteiger partial charge in [-0.1, -0.05) is 30.6 Å². The molecule has 16 heteroatoms. The Bertz CT molecular complexity index is 1970. The molecule has 1 aliphatic heterocycles. The van der Waals surface area contributed by atoms with Crippen molar-refractivity contribution in [1.29, 1.82) is 0 Å². The first-order chi connectivity index (χ1) is 32.8. The fourth-order valence-electron chi connectivity index (χ4n) is 5.43. The predicted molar refractivity (Wildman–Crippen MR) is 249 cm³/mol. The van der Waals surface area contributed by atoms with Crippen LogP contribution < -0.4 is 9.47 Å². The summed E-state index contributed by atoms with van der Waals surface area (Å²) in [6, 6.07) is 21.5. The first-order valence-corrected chi connectivity index (χ1v) is 22.0. The standard InChI is InChI=1S/C24H29NO6.C23H27NO7.C4H8O/c1-4-21-17-20(18-23(25-21)24(26)28-3)6-5-19-7-9-22(10-8-19)31-16-15-30-14-13-29-12-11-27-2;1-27-9-10-29-11-12-30-13-14-31-21-7-5-18(6-8-21)3-4-19-15-20(17-25)24-22(16-19)23(26)28-2;1-2-4-5-3-1/h7-10,17-18H,4,11-16H2,1-3H3;5-8,15-16,25H,9-14,17H2,1-2H3;1-4H2. The largest absolute Gasteiger partial charge is 0.491 e. The van der Waals surface area contributed by atoms with Crippen LogP contribution in [0.15, 0.2) is 72.8 Å². The van der Waals surface area contributed by atoms with Crippen LogP contribution in [-0.2, 0) is 55.7 Å². The maximum absolute atomic E-state index is 11.8. The van der Waals surface area contributed by atoms with Gasteiger partial charge in [0.05, 0.1) is 92.6 Å². The summed E-state index contributed by atoms with van der Waals surface area (Å²) in [6.45, 7) is 9.89. The Hall–Kier alpha value is -5.92. The Morgan fingerprint density at radius 1 is 0.522 bits per heavy atom. The number of aliphatic hydroxyl groups excluding tert-OH is 1. The van der Waals surface area contributed by atoms with E-state index in [0.717, 1.165) is 41.3 Å². The van der Waals surface area contributed by atoms with E-state index in [4.69, 9.17) is 47.4 Å². The number of hydrogen-bond acceptors (Lipinski definition) is 16. The van der Waals surface area contributed by atoms with Crippen LogP contribution in [0, 0.1) is 23.7 Å². The molecule has 1 aliphatic rings. The molecule has 0 amide bonds. The number of nitrogens with zero attached hydrogens (tertiary/aromatic N) is 2. The van der Waals surface area contributed by atoms with Gasteiger partial charge < -0.3 is 57.2 Å². The number of rotatable bonds is 24. The first kappa shape index (κ1) is 55.4. The summed E-state index contributed by atoms with van der Waals surface area (Å²) in [4.78, 5) is 31.8. The summed E-state index contributed by atoms with van der Waals surface area (Å²) >= 11 is 0. The van der Waals surface area contributed by atoms with E-state index in [1.807, 2.05) is 61.5 Å². The van der Waals surface area contributed by atoms with E-state index in [0.29, 0.717) is 103 Å². The molecule has 0 saturated carbocycles. The maximum atomic E-state index is 11.8. The van der Waals surface area contributed by atoms with Gasteiger partial charge in [0, 0.05) is 55.4 Å². The lowest BCUT2D eigenvalue weighted by molar-refractivity contribution is 0.0180. The van der Waals surface area contributed by atoms with E-state index < -0.39 is 11.9 Å². The fraction of sp³-hybridized carbons (Fsp3) is 0.451. The van der Waals surface area contributed by atoms with Gasteiger partial charge in [0.15, 0.2) is 0 Å². The van der Waals surface area contributed by atoms with E-state index in [1.54, 1.807) is 26.4 Å². The molecular formula is C51H64N2O14. The van der Waals surface area contributed by atoms with E-state index in [-0.39, 0.29) is 18.0 Å². The SMILES string of the molecule is C1CCOC1.CCc1cc(C#Cc2ccc(OCCOCCOCCOC)cc2)cc(C(=O)OC)n1.COCCOCCOCCOc1ccc(C#Cc2cc(CO)nc(C(=O)OC)c2)cc1. The lowest BCUT2D eigenvalue weighted by atomic mass is 10.1. The van der Waals surface area contributed by atoms with Crippen molar-refractivity contribution in [1.82, 2.24) is 9.97 Å². The van der Waals surface area contributed by atoms with Crippen LogP contribution in [0.1, 0.15) is 74.4 Å². The van der Waals surface area contributed by atoms with Gasteiger partial charge in [0.25, 0.3) is 0 Å². The summed E-state index contributed by atoms with van der Waals surface area (Å²) in [5.41, 5.74) is 4.40. The summed E-state index contributed by atoms with van der Waals surface area (Å²) in [5.74, 6) is 12.6. The number of hydrogen-bond donors (Lipinski definition) is 1. The fourth-order valence-corrected chi connectivity index (χ4v) is 5.43. The average molecular weight is 929 g/mol. The number of carbonyl (C=O) groups is 2. The van der Waals surface area contributed by atoms with Crippen molar-refractivity contribution in [2.75, 3.05) is 121 Å². The number of benzene rings is 2. The van der Waals surface area contributed by atoms with Gasteiger partial charge >= 0.3 is 11.9 Å². The Kier molecular flexibility index (Phi) is 29.2. The number of esters is 2. The van der Waals surface area contributed by atoms with Crippen LogP contribution in [0.25, 0.3) is 0 Å². The Labute approximate surface area is 394 Å². The van der Waals surface area contributed by atoms with Crippen molar-refractivity contribution in [3.63, 3.8) is 0 Å². The second-order valence-corrected chi connectivity index (χ2v) is 14.0. The van der Waals surface area contributed by atoms with Gasteiger partial charge in [0.2, 0.25) is 0 Å². The Morgan fingerprint density at radius 2 is 0.896 bits per heavy atom. The molecule has 2 aromatic heterocycles. The molecule has 16 nitrogen and oxygen atoms in total. The Morgan fingerprint density at radius 3 is 1.25 bits per heavy atom. The molecule has 67 heavy (non-hydrogen) atoms. The lowest BCUT2D eigenvalue weighted by Gasteiger charge is -2.07. The maximum Gasteiger partial charge on any atom is 0.356 e. The molecule has 2 aromatic carbocycles. The molecular weight excluding hydrogens is 865 g/mol. The minimum atomic E-state index is -0.581. The van der Waals surface area contributed by atoms with Gasteiger partial charge in [-0.05, 0) is 92.1 Å². The number of aromatic nitrogens is 2. The van der Waals surface area contributed by atoms with Gasteiger partial charge in [-0.2, -0.15) is 0 Å². The lowest BCUT2D eigenvalue weighted by Crippen LogP contribution is -2.12. The van der Waals surface area contributed by atoms with Crippen LogP contribution >= 0.6 is 0 Å². The van der Waals surface area contributed by atoms with Crippen molar-refractivity contribution in [2.45, 2.75) is 32.8 Å². The molecule has 1 saturated heterocycles. The number of pyridine rings is 2. The molecule has 362 valence electrons. The molecule has 0 spiro atoms. The van der Waals surface area contributed by atoms with Crippen molar-refractivity contribution in [2.24, 2.45) is 0 Å². The highest BCUT2D eigenvalue weighted by Gasteiger charge is 2.11. The molecule has 3 heterocycles. The van der Waals surface area contributed by atoms with E-state index in [2.05, 4.69) is 38.4 Å². The number of methoxy groups -OCH3 is 4. The minimum absolute atomic E-state index is 0.103. The highest BCUT2D eigenvalue weighted by Crippen LogP contribution is 2.14. The summed E-state index contributed by atoms with van der Waals surface area (Å²) in [5, 5.41) is 9.32. The highest BCUT2D eigenvalue weighted by atomic mass is 16.6. The van der Waals surface area contributed by atoms with Crippen LogP contribution in [0.5, 0.6) is 11.5 Å². The molecule has 5 rings (SSSR count). The summed E-state index contributed by atoms with van der Waals surface area (Å²) in [6.07, 6.45) is 3.26. The van der Waals surface area contributed by atoms with Gasteiger partial charge in [-0.15, -0.1) is 0 Å². The van der Waals surface area contributed by atoms with Crippen LogP contribution in [0.2, 0.25) is 0 Å². The second kappa shape index (κ2) is 35.3. The number of ether oxygens (including phenoxy) is 11. The third-order valence-corrected chi connectivity index (χ3v) is 8.91. The summed E-state index contributed by atoms with van der Waals surface area (Å²) in [7, 11) is 5.88. The number of aryl methyl sites for hydroxylation is 1. The normalized spacial score (nSPS) is 11.3. The van der Waals surface area contributed by atoms with Crippen molar-refractivity contribution >= 4 is 11.9 Å². The third kappa shape index (κ3) is 24.4. The van der Waals surface area contributed by atoms with Gasteiger partial charge in [0.1, 0.15) is 36.1 Å². The predicted octanol–water partition coefficient (Wildman–Crippen LogP) is 5.50. The van der Waals surface area contributed by atoms with Crippen LogP contribution in [-0.4, -0.2) is 148 Å². The molecule has 1 N–H and O–H groups in total. The minimum Gasteiger partial charge on any atom is -0.491 e. The van der Waals surface area contributed by atoms with E-state index in [1.165, 1.54) is 33.1 Å². The topological polar surface area (TPSA) is 182 Å². The van der Waals surface area contributed by atoms with Crippen LogP contribution in [0.4, 0.5) is 0 Å². The monoisotopic (exact) mass is 928 g/mol. The smallest absolute Gasteiger partial charge is 0.356 e. The molecule has 0 atom stereocenters. The zero-order chi connectivity index (χ0) is 48.2. The van der Waals surface area contributed by atoms with Crippen molar-refractivity contribution in [3.8, 4) is 35.2 Å². The molecule has 0 bridgehead atoms. The molecule has 0 radical (unpaired) electrons. The average Bonchev–Trinajstić information content (AvgIpc) is 3.97. The van der Waals surface area contributed by atoms with Crippen molar-refractivity contribution < 1.29 is 66.8 Å². The number of carbonyl (C=O) groups excluding carboxylic acids is 2. The molecule has 0 aliphatic carbocycles.